The van der Waals surface area contributed by atoms with Gasteiger partial charge in [0.2, 0.25) is 0 Å². The smallest absolute Gasteiger partial charge is 0.321 e. The largest absolute Gasteiger partial charge is 0.390 e. The SMILES string of the molecule is CC1(O)CCCN(C(=O)Nc2ccc(F)cc2F)CC1. The van der Waals surface area contributed by atoms with Gasteiger partial charge in [-0.2, -0.15) is 0 Å². The Hall–Kier alpha value is -1.69. The highest BCUT2D eigenvalue weighted by Gasteiger charge is 2.27. The average Bonchev–Trinajstić information content (AvgIpc) is 2.54. The molecule has 1 heterocycles. The molecule has 20 heavy (non-hydrogen) atoms. The standard InChI is InChI=1S/C14H18F2N2O2/c1-14(20)5-2-7-18(8-6-14)13(19)17-12-4-3-10(15)9-11(12)16/h3-4,9,20H,2,5-8H2,1H3,(H,17,19). The minimum absolute atomic E-state index is 0.0487. The van der Waals surface area contributed by atoms with Crippen LogP contribution in [-0.4, -0.2) is 34.7 Å². The van der Waals surface area contributed by atoms with E-state index in [0.29, 0.717) is 32.4 Å². The number of anilines is 1. The van der Waals surface area contributed by atoms with Gasteiger partial charge in [-0.25, -0.2) is 13.6 Å². The van der Waals surface area contributed by atoms with Crippen LogP contribution in [-0.2, 0) is 0 Å². The zero-order valence-corrected chi connectivity index (χ0v) is 11.3. The summed E-state index contributed by atoms with van der Waals surface area (Å²) in [7, 11) is 0. The van der Waals surface area contributed by atoms with Crippen LogP contribution in [0.1, 0.15) is 26.2 Å². The molecule has 1 unspecified atom stereocenters. The molecule has 1 fully saturated rings. The summed E-state index contributed by atoms with van der Waals surface area (Å²) in [5, 5.41) is 12.4. The van der Waals surface area contributed by atoms with Crippen molar-refractivity contribution in [2.45, 2.75) is 31.8 Å². The Kier molecular flexibility index (Phi) is 4.23. The molecule has 1 aliphatic rings. The number of urea groups is 1. The first-order valence-electron chi connectivity index (χ1n) is 6.61. The van der Waals surface area contributed by atoms with E-state index in [4.69, 9.17) is 0 Å². The van der Waals surface area contributed by atoms with E-state index in [-0.39, 0.29) is 5.69 Å². The molecule has 0 radical (unpaired) electrons. The summed E-state index contributed by atoms with van der Waals surface area (Å²) in [6.45, 7) is 2.65. The molecular weight excluding hydrogens is 266 g/mol. The Bertz CT molecular complexity index is 506. The van der Waals surface area contributed by atoms with Crippen LogP contribution < -0.4 is 5.32 Å². The van der Waals surface area contributed by atoms with E-state index in [1.54, 1.807) is 6.92 Å². The summed E-state index contributed by atoms with van der Waals surface area (Å²) in [4.78, 5) is 13.6. The van der Waals surface area contributed by atoms with Crippen molar-refractivity contribution in [2.24, 2.45) is 0 Å². The Morgan fingerprint density at radius 1 is 1.35 bits per heavy atom. The van der Waals surface area contributed by atoms with Gasteiger partial charge in [0.05, 0.1) is 11.3 Å². The fourth-order valence-corrected chi connectivity index (χ4v) is 2.25. The summed E-state index contributed by atoms with van der Waals surface area (Å²) in [6, 6.07) is 2.57. The summed E-state index contributed by atoms with van der Waals surface area (Å²) >= 11 is 0. The Labute approximate surface area is 116 Å². The van der Waals surface area contributed by atoms with Gasteiger partial charge in [-0.1, -0.05) is 0 Å². The van der Waals surface area contributed by atoms with Crippen molar-refractivity contribution >= 4 is 11.7 Å². The van der Waals surface area contributed by atoms with Crippen LogP contribution in [0.4, 0.5) is 19.3 Å². The second-order valence-corrected chi connectivity index (χ2v) is 5.39. The molecule has 110 valence electrons. The lowest BCUT2D eigenvalue weighted by atomic mass is 9.98. The lowest BCUT2D eigenvalue weighted by Crippen LogP contribution is -2.36. The first-order chi connectivity index (χ1) is 9.37. The molecule has 1 aromatic rings. The summed E-state index contributed by atoms with van der Waals surface area (Å²) < 4.78 is 26.3. The van der Waals surface area contributed by atoms with Crippen LogP contribution in [0.3, 0.4) is 0 Å². The first kappa shape index (κ1) is 14.7. The third-order valence-corrected chi connectivity index (χ3v) is 3.52. The maximum Gasteiger partial charge on any atom is 0.321 e. The van der Waals surface area contributed by atoms with Crippen LogP contribution in [0, 0.1) is 11.6 Å². The predicted octanol–water partition coefficient (Wildman–Crippen LogP) is 2.73. The van der Waals surface area contributed by atoms with Crippen molar-refractivity contribution in [3.8, 4) is 0 Å². The molecule has 1 atom stereocenters. The number of nitrogens with one attached hydrogen (secondary N) is 1. The Morgan fingerprint density at radius 2 is 2.10 bits per heavy atom. The number of halogens is 2. The van der Waals surface area contributed by atoms with E-state index in [1.165, 1.54) is 11.0 Å². The first-order valence-corrected chi connectivity index (χ1v) is 6.61. The van der Waals surface area contributed by atoms with Crippen LogP contribution >= 0.6 is 0 Å². The number of likely N-dealkylation sites (tertiary alicyclic amines) is 1. The van der Waals surface area contributed by atoms with Crippen LogP contribution in [0.5, 0.6) is 0 Å². The lowest BCUT2D eigenvalue weighted by Gasteiger charge is -2.23. The van der Waals surface area contributed by atoms with Crippen molar-refractivity contribution in [3.05, 3.63) is 29.8 Å². The molecule has 2 rings (SSSR count). The van der Waals surface area contributed by atoms with E-state index < -0.39 is 23.3 Å². The van der Waals surface area contributed by atoms with Crippen molar-refractivity contribution in [3.63, 3.8) is 0 Å². The average molecular weight is 284 g/mol. The highest BCUT2D eigenvalue weighted by Crippen LogP contribution is 2.22. The zero-order valence-electron chi connectivity index (χ0n) is 11.3. The molecule has 6 heteroatoms. The van der Waals surface area contributed by atoms with Gasteiger partial charge < -0.3 is 15.3 Å². The third-order valence-electron chi connectivity index (χ3n) is 3.52. The Balaban J connectivity index is 2.01. The van der Waals surface area contributed by atoms with Gasteiger partial charge in [0.25, 0.3) is 0 Å². The van der Waals surface area contributed by atoms with Crippen LogP contribution in [0.2, 0.25) is 0 Å². The molecule has 0 bridgehead atoms. The number of amides is 2. The molecule has 2 amide bonds. The van der Waals surface area contributed by atoms with Crippen molar-refractivity contribution in [1.29, 1.82) is 0 Å². The van der Waals surface area contributed by atoms with Crippen LogP contribution in [0.25, 0.3) is 0 Å². The maximum atomic E-state index is 13.5. The summed E-state index contributed by atoms with van der Waals surface area (Å²) in [6.07, 6.45) is 1.79. The van der Waals surface area contributed by atoms with Crippen molar-refractivity contribution in [2.75, 3.05) is 18.4 Å². The molecule has 0 aliphatic carbocycles. The number of rotatable bonds is 1. The fraction of sp³-hybridized carbons (Fsp3) is 0.500. The summed E-state index contributed by atoms with van der Waals surface area (Å²) in [5.41, 5.74) is -0.816. The van der Waals surface area contributed by atoms with Gasteiger partial charge in [0.1, 0.15) is 11.6 Å². The monoisotopic (exact) mass is 284 g/mol. The number of benzene rings is 1. The number of hydrogen-bond donors (Lipinski definition) is 2. The van der Waals surface area contributed by atoms with Gasteiger partial charge in [-0.3, -0.25) is 0 Å². The molecule has 1 aliphatic heterocycles. The molecule has 0 aromatic heterocycles. The highest BCUT2D eigenvalue weighted by molar-refractivity contribution is 5.89. The van der Waals surface area contributed by atoms with E-state index >= 15 is 0 Å². The number of carbonyl (C=O) groups excluding carboxylic acids is 1. The zero-order chi connectivity index (χ0) is 14.8. The van der Waals surface area contributed by atoms with E-state index in [0.717, 1.165) is 12.1 Å². The van der Waals surface area contributed by atoms with Gasteiger partial charge in [0.15, 0.2) is 0 Å². The van der Waals surface area contributed by atoms with Crippen LogP contribution in [0.15, 0.2) is 18.2 Å². The second kappa shape index (κ2) is 5.75. The highest BCUT2D eigenvalue weighted by atomic mass is 19.1. The van der Waals surface area contributed by atoms with E-state index in [9.17, 15) is 18.7 Å². The fourth-order valence-electron chi connectivity index (χ4n) is 2.25. The predicted molar refractivity (Wildman–Crippen MR) is 71.4 cm³/mol. The minimum Gasteiger partial charge on any atom is -0.390 e. The van der Waals surface area contributed by atoms with E-state index in [2.05, 4.69) is 5.32 Å². The maximum absolute atomic E-state index is 13.5. The van der Waals surface area contributed by atoms with Crippen molar-refractivity contribution < 1.29 is 18.7 Å². The van der Waals surface area contributed by atoms with Gasteiger partial charge in [-0.15, -0.1) is 0 Å². The third kappa shape index (κ3) is 3.66. The molecule has 1 saturated heterocycles. The molecule has 4 nitrogen and oxygen atoms in total. The second-order valence-electron chi connectivity index (χ2n) is 5.39. The molecule has 2 N–H and O–H groups in total. The molecule has 0 saturated carbocycles. The molecular formula is C14H18F2N2O2. The van der Waals surface area contributed by atoms with Gasteiger partial charge in [-0.05, 0) is 38.3 Å². The number of carbonyl (C=O) groups is 1. The quantitative estimate of drug-likeness (QED) is 0.833. The topological polar surface area (TPSA) is 52.6 Å². The van der Waals surface area contributed by atoms with E-state index in [1.807, 2.05) is 0 Å². The van der Waals surface area contributed by atoms with Crippen molar-refractivity contribution in [1.82, 2.24) is 4.90 Å². The summed E-state index contributed by atoms with van der Waals surface area (Å²) in [5.74, 6) is -1.49. The Morgan fingerprint density at radius 3 is 2.80 bits per heavy atom. The lowest BCUT2D eigenvalue weighted by molar-refractivity contribution is 0.0458. The minimum atomic E-state index is -0.805. The molecule has 0 spiro atoms. The van der Waals surface area contributed by atoms with Gasteiger partial charge in [0, 0.05) is 19.2 Å². The molecule has 1 aromatic carbocycles. The normalized spacial score (nSPS) is 23.3. The number of aliphatic hydroxyl groups is 1. The number of nitrogens with zero attached hydrogens (tertiary/aromatic N) is 1. The van der Waals surface area contributed by atoms with Gasteiger partial charge >= 0.3 is 6.03 Å². The number of hydrogen-bond acceptors (Lipinski definition) is 2.